The molecule has 0 bridgehead atoms. The molecular formula is C29H39FO3. The Labute approximate surface area is 199 Å². The fourth-order valence-electron chi connectivity index (χ4n) is 3.94. The topological polar surface area (TPSA) is 27.7 Å². The fraction of sp³-hybridized carbons (Fsp3) is 0.517. The molecule has 1 aliphatic heterocycles. The fourth-order valence-corrected chi connectivity index (χ4v) is 3.94. The molecule has 0 spiro atoms. The summed E-state index contributed by atoms with van der Waals surface area (Å²) in [6, 6.07) is 17.2. The quantitative estimate of drug-likeness (QED) is 0.301. The summed E-state index contributed by atoms with van der Waals surface area (Å²) in [5.41, 5.74) is 4.84. The van der Waals surface area contributed by atoms with E-state index in [-0.39, 0.29) is 12.7 Å². The van der Waals surface area contributed by atoms with Crippen molar-refractivity contribution in [2.24, 2.45) is 0 Å². The number of rotatable bonds is 13. The Morgan fingerprint density at radius 2 is 1.61 bits per heavy atom. The van der Waals surface area contributed by atoms with Crippen molar-refractivity contribution >= 4 is 0 Å². The molecule has 0 saturated carbocycles. The van der Waals surface area contributed by atoms with Crippen LogP contribution in [0.1, 0.15) is 74.8 Å². The number of halogens is 1. The van der Waals surface area contributed by atoms with E-state index in [2.05, 4.69) is 57.2 Å². The smallest absolute Gasteiger partial charge is 0.185 e. The average molecular weight is 455 g/mol. The summed E-state index contributed by atoms with van der Waals surface area (Å²) in [4.78, 5) is 0. The van der Waals surface area contributed by atoms with E-state index < -0.39 is 12.3 Å². The van der Waals surface area contributed by atoms with Gasteiger partial charge in [-0.05, 0) is 54.0 Å². The summed E-state index contributed by atoms with van der Waals surface area (Å²) in [5.74, 6) is 0.379. The van der Waals surface area contributed by atoms with Crippen molar-refractivity contribution in [1.82, 2.24) is 0 Å². The first kappa shape index (κ1) is 25.5. The van der Waals surface area contributed by atoms with Crippen molar-refractivity contribution in [3.05, 3.63) is 82.6 Å². The van der Waals surface area contributed by atoms with Crippen LogP contribution in [0.15, 0.2) is 60.4 Å². The highest BCUT2D eigenvalue weighted by Crippen LogP contribution is 2.33. The highest BCUT2D eigenvalue weighted by atomic mass is 19.1. The predicted molar refractivity (Wildman–Crippen MR) is 132 cm³/mol. The lowest BCUT2D eigenvalue weighted by Gasteiger charge is -2.32. The Kier molecular flexibility index (Phi) is 10.4. The van der Waals surface area contributed by atoms with Gasteiger partial charge in [-0.1, -0.05) is 82.1 Å². The summed E-state index contributed by atoms with van der Waals surface area (Å²) in [6.07, 6.45) is 5.30. The number of alkyl halides is 1. The van der Waals surface area contributed by atoms with Crippen LogP contribution in [0.5, 0.6) is 0 Å². The van der Waals surface area contributed by atoms with Gasteiger partial charge in [0.2, 0.25) is 0 Å². The van der Waals surface area contributed by atoms with E-state index in [0.717, 1.165) is 44.1 Å². The Hall–Kier alpha value is -2.17. The van der Waals surface area contributed by atoms with Crippen LogP contribution in [0.3, 0.4) is 0 Å². The molecule has 3 atom stereocenters. The van der Waals surface area contributed by atoms with Crippen molar-refractivity contribution in [2.45, 2.75) is 77.7 Å². The van der Waals surface area contributed by atoms with E-state index in [0.29, 0.717) is 19.0 Å². The number of hydrogen-bond donors (Lipinski definition) is 0. The molecule has 0 aromatic heterocycles. The molecule has 0 saturated heterocycles. The van der Waals surface area contributed by atoms with Crippen LogP contribution in [0.4, 0.5) is 4.39 Å². The molecule has 4 heteroatoms. The zero-order valence-corrected chi connectivity index (χ0v) is 20.4. The third-order valence-electron chi connectivity index (χ3n) is 6.05. The van der Waals surface area contributed by atoms with Crippen LogP contribution in [0.2, 0.25) is 0 Å². The second-order valence-corrected chi connectivity index (χ2v) is 8.79. The van der Waals surface area contributed by atoms with Crippen molar-refractivity contribution in [3.8, 4) is 0 Å². The minimum Gasteiger partial charge on any atom is -0.495 e. The van der Waals surface area contributed by atoms with Crippen molar-refractivity contribution < 1.29 is 18.6 Å². The second-order valence-electron chi connectivity index (χ2n) is 8.79. The molecule has 1 heterocycles. The van der Waals surface area contributed by atoms with Gasteiger partial charge in [-0.3, -0.25) is 0 Å². The summed E-state index contributed by atoms with van der Waals surface area (Å²) in [5, 5.41) is 0. The van der Waals surface area contributed by atoms with E-state index in [1.807, 2.05) is 12.1 Å². The van der Waals surface area contributed by atoms with Gasteiger partial charge in [-0.25, -0.2) is 4.39 Å². The van der Waals surface area contributed by atoms with E-state index in [9.17, 15) is 0 Å². The zero-order valence-electron chi connectivity index (χ0n) is 20.4. The molecule has 0 aliphatic carbocycles. The molecule has 180 valence electrons. The lowest BCUT2D eigenvalue weighted by atomic mass is 9.97. The van der Waals surface area contributed by atoms with E-state index in [4.69, 9.17) is 14.2 Å². The maximum absolute atomic E-state index is 15.2. The number of ether oxygens (including phenoxy) is 3. The van der Waals surface area contributed by atoms with Crippen LogP contribution in [0, 0.1) is 0 Å². The lowest BCUT2D eigenvalue weighted by molar-refractivity contribution is -0.0946. The third kappa shape index (κ3) is 7.68. The molecule has 33 heavy (non-hydrogen) atoms. The van der Waals surface area contributed by atoms with Gasteiger partial charge in [0, 0.05) is 6.61 Å². The first-order chi connectivity index (χ1) is 16.1. The molecule has 0 radical (unpaired) electrons. The summed E-state index contributed by atoms with van der Waals surface area (Å²) < 4.78 is 32.9. The van der Waals surface area contributed by atoms with E-state index >= 15 is 4.39 Å². The van der Waals surface area contributed by atoms with Crippen LogP contribution in [-0.4, -0.2) is 32.1 Å². The van der Waals surface area contributed by atoms with Crippen LogP contribution in [0.25, 0.3) is 0 Å². The SMILES string of the molecule is CCCCOCC1OC(c2cccc(Cc3ccc(CC)cc3)c2)C=C(OCCCC)C1F. The van der Waals surface area contributed by atoms with Gasteiger partial charge in [0.05, 0.1) is 13.2 Å². The molecular weight excluding hydrogens is 415 g/mol. The molecule has 3 nitrogen and oxygen atoms in total. The second kappa shape index (κ2) is 13.5. The van der Waals surface area contributed by atoms with Gasteiger partial charge in [-0.2, -0.15) is 0 Å². The Morgan fingerprint density at radius 1 is 0.879 bits per heavy atom. The van der Waals surface area contributed by atoms with Gasteiger partial charge in [0.25, 0.3) is 0 Å². The normalized spacial score (nSPS) is 20.5. The molecule has 0 N–H and O–H groups in total. The van der Waals surface area contributed by atoms with Gasteiger partial charge in [0.15, 0.2) is 6.17 Å². The highest BCUT2D eigenvalue weighted by molar-refractivity contribution is 5.34. The monoisotopic (exact) mass is 454 g/mol. The Bertz CT molecular complexity index is 861. The molecule has 3 unspecified atom stereocenters. The van der Waals surface area contributed by atoms with Crippen LogP contribution < -0.4 is 0 Å². The van der Waals surface area contributed by atoms with Gasteiger partial charge < -0.3 is 14.2 Å². The number of aryl methyl sites for hydroxylation is 1. The van der Waals surface area contributed by atoms with Crippen LogP contribution >= 0.6 is 0 Å². The van der Waals surface area contributed by atoms with E-state index in [1.54, 1.807) is 6.08 Å². The third-order valence-corrected chi connectivity index (χ3v) is 6.05. The van der Waals surface area contributed by atoms with Crippen molar-refractivity contribution in [1.29, 1.82) is 0 Å². The van der Waals surface area contributed by atoms with Crippen molar-refractivity contribution in [2.75, 3.05) is 19.8 Å². The Morgan fingerprint density at radius 3 is 2.33 bits per heavy atom. The summed E-state index contributed by atoms with van der Waals surface area (Å²) in [6.45, 7) is 7.75. The summed E-state index contributed by atoms with van der Waals surface area (Å²) >= 11 is 0. The molecule has 1 aliphatic rings. The first-order valence-electron chi connectivity index (χ1n) is 12.5. The molecule has 3 rings (SSSR count). The van der Waals surface area contributed by atoms with Gasteiger partial charge in [0.1, 0.15) is 18.0 Å². The maximum atomic E-state index is 15.2. The Balaban J connectivity index is 1.75. The molecule has 2 aromatic rings. The van der Waals surface area contributed by atoms with E-state index in [1.165, 1.54) is 16.7 Å². The molecule has 2 aromatic carbocycles. The lowest BCUT2D eigenvalue weighted by Crippen LogP contribution is -2.37. The minimum absolute atomic E-state index is 0.232. The molecule has 0 fully saturated rings. The standard InChI is InChI=1S/C29H39FO3/c1-4-7-16-31-21-28-29(30)27(32-17-8-5-2)20-26(33-28)25-11-9-10-24(19-25)18-23-14-12-22(6-3)13-15-23/h9-15,19-20,26,28-29H,4-8,16-18,21H2,1-3H3. The number of benzene rings is 2. The highest BCUT2D eigenvalue weighted by Gasteiger charge is 2.35. The van der Waals surface area contributed by atoms with Gasteiger partial charge >= 0.3 is 0 Å². The van der Waals surface area contributed by atoms with Crippen molar-refractivity contribution in [3.63, 3.8) is 0 Å². The number of unbranched alkanes of at least 4 members (excludes halogenated alkanes) is 2. The maximum Gasteiger partial charge on any atom is 0.185 e. The first-order valence-corrected chi connectivity index (χ1v) is 12.5. The average Bonchev–Trinajstić information content (AvgIpc) is 2.84. The van der Waals surface area contributed by atoms with Gasteiger partial charge in [-0.15, -0.1) is 0 Å². The largest absolute Gasteiger partial charge is 0.495 e. The van der Waals surface area contributed by atoms with Crippen LogP contribution in [-0.2, 0) is 27.1 Å². The predicted octanol–water partition coefficient (Wildman–Crippen LogP) is 7.14. The molecule has 0 amide bonds. The summed E-state index contributed by atoms with van der Waals surface area (Å²) in [7, 11) is 0. The zero-order chi connectivity index (χ0) is 23.5. The minimum atomic E-state index is -1.31. The number of hydrogen-bond acceptors (Lipinski definition) is 3.